The number of amides is 1. The molecule has 0 aliphatic carbocycles. The van der Waals surface area contributed by atoms with Gasteiger partial charge in [0.05, 0.1) is 41.5 Å². The second-order valence-corrected chi connectivity index (χ2v) is 12.5. The lowest BCUT2D eigenvalue weighted by molar-refractivity contribution is -0.137. The third-order valence-corrected chi connectivity index (χ3v) is 9.26. The first-order valence-corrected chi connectivity index (χ1v) is 15.2. The number of carbonyl (C=O) groups is 1. The van der Waals surface area contributed by atoms with Crippen molar-refractivity contribution in [2.24, 2.45) is 0 Å². The van der Waals surface area contributed by atoms with Gasteiger partial charge in [-0.15, -0.1) is 0 Å². The number of halogens is 5. The minimum Gasteiger partial charge on any atom is -0.394 e. The minimum atomic E-state index is -4.47. The fourth-order valence-corrected chi connectivity index (χ4v) is 6.00. The number of sulfone groups is 1. The summed E-state index contributed by atoms with van der Waals surface area (Å²) in [6.45, 7) is -1.85. The molecule has 1 fully saturated rings. The van der Waals surface area contributed by atoms with Crippen LogP contribution in [0.15, 0.2) is 77.7 Å². The number of rotatable bonds is 11. The fourth-order valence-electron chi connectivity index (χ4n) is 5.11. The molecule has 1 heterocycles. The van der Waals surface area contributed by atoms with Crippen LogP contribution >= 0.6 is 0 Å². The molecule has 3 aromatic rings. The first-order chi connectivity index (χ1) is 20.3. The van der Waals surface area contributed by atoms with E-state index in [-0.39, 0.29) is 28.7 Å². The topological polar surface area (TPSA) is 95.9 Å². The first kappa shape index (κ1) is 32.4. The van der Waals surface area contributed by atoms with Crippen LogP contribution in [0.2, 0.25) is 0 Å². The summed E-state index contributed by atoms with van der Waals surface area (Å²) < 4.78 is 93.4. The average molecular weight is 627 g/mol. The molecular weight excluding hydrogens is 595 g/mol. The van der Waals surface area contributed by atoms with Crippen LogP contribution in [0.25, 0.3) is 0 Å². The van der Waals surface area contributed by atoms with Crippen molar-refractivity contribution in [3.8, 4) is 0 Å². The van der Waals surface area contributed by atoms with Crippen molar-refractivity contribution in [2.75, 3.05) is 30.4 Å². The maximum atomic E-state index is 13.0. The Labute approximate surface area is 246 Å². The molecule has 3 atom stereocenters. The lowest BCUT2D eigenvalue weighted by Gasteiger charge is -2.27. The standard InChI is InChI=1S/C30H31F5N2O5S/c1-2-43(40,41)26-13-7-20(8-14-26)27(17-38)36-28(39)21-5-11-24(12-6-21)37-16-22(15-25(37)18-42-29(31)32)19-3-9-23(10-4-19)30(33,34)35/h3-14,22,25,27,29,38H,2,15-18H2,1H3,(H,36,39)/t22-,25-,27-/m0/s1. The predicted molar refractivity (Wildman–Crippen MR) is 150 cm³/mol. The van der Waals surface area contributed by atoms with Crippen molar-refractivity contribution in [1.82, 2.24) is 5.32 Å². The van der Waals surface area contributed by atoms with Crippen molar-refractivity contribution in [3.63, 3.8) is 0 Å². The number of hydrogen-bond donors (Lipinski definition) is 2. The summed E-state index contributed by atoms with van der Waals surface area (Å²) in [4.78, 5) is 14.9. The lowest BCUT2D eigenvalue weighted by atomic mass is 9.95. The molecule has 232 valence electrons. The quantitative estimate of drug-likeness (QED) is 0.271. The normalized spacial score (nSPS) is 18.2. The summed E-state index contributed by atoms with van der Waals surface area (Å²) >= 11 is 0. The van der Waals surface area contributed by atoms with E-state index < -0.39 is 52.8 Å². The maximum absolute atomic E-state index is 13.0. The Morgan fingerprint density at radius 3 is 2.19 bits per heavy atom. The zero-order chi connectivity index (χ0) is 31.4. The highest BCUT2D eigenvalue weighted by atomic mass is 32.2. The Morgan fingerprint density at radius 2 is 1.65 bits per heavy atom. The van der Waals surface area contributed by atoms with Gasteiger partial charge in [0.2, 0.25) is 0 Å². The molecule has 0 spiro atoms. The van der Waals surface area contributed by atoms with Crippen molar-refractivity contribution in [1.29, 1.82) is 0 Å². The number of nitrogens with zero attached hydrogens (tertiary/aromatic N) is 1. The molecule has 0 bridgehead atoms. The molecule has 13 heteroatoms. The van der Waals surface area contributed by atoms with Crippen LogP contribution in [0.5, 0.6) is 0 Å². The second-order valence-electron chi connectivity index (χ2n) is 10.2. The van der Waals surface area contributed by atoms with Crippen LogP contribution < -0.4 is 10.2 Å². The Kier molecular flexibility index (Phi) is 10.1. The van der Waals surface area contributed by atoms with Gasteiger partial charge >= 0.3 is 12.8 Å². The summed E-state index contributed by atoms with van der Waals surface area (Å²) in [6.07, 6.45) is -4.10. The van der Waals surface area contributed by atoms with E-state index in [2.05, 4.69) is 10.1 Å². The van der Waals surface area contributed by atoms with Crippen LogP contribution in [0.1, 0.15) is 52.4 Å². The van der Waals surface area contributed by atoms with Gasteiger partial charge < -0.3 is 20.1 Å². The van der Waals surface area contributed by atoms with Crippen LogP contribution in [0.4, 0.5) is 27.6 Å². The molecule has 1 aliphatic rings. The number of aliphatic hydroxyl groups excluding tert-OH is 1. The molecule has 7 nitrogen and oxygen atoms in total. The zero-order valence-electron chi connectivity index (χ0n) is 23.1. The summed E-state index contributed by atoms with van der Waals surface area (Å²) in [6, 6.07) is 15.7. The third-order valence-electron chi connectivity index (χ3n) is 7.51. The van der Waals surface area contributed by atoms with Gasteiger partial charge in [-0.25, -0.2) is 8.42 Å². The summed E-state index contributed by atoms with van der Waals surface area (Å²) in [7, 11) is -3.40. The first-order valence-electron chi connectivity index (χ1n) is 13.5. The summed E-state index contributed by atoms with van der Waals surface area (Å²) in [5.74, 6) is -0.798. The van der Waals surface area contributed by atoms with E-state index in [1.165, 1.54) is 55.5 Å². The Bertz CT molecular complexity index is 1480. The number of ether oxygens (including phenoxy) is 1. The highest BCUT2D eigenvalue weighted by Gasteiger charge is 2.35. The molecule has 43 heavy (non-hydrogen) atoms. The van der Waals surface area contributed by atoms with Crippen LogP contribution in [-0.4, -0.2) is 57.6 Å². The van der Waals surface area contributed by atoms with Crippen LogP contribution in [0.3, 0.4) is 0 Å². The van der Waals surface area contributed by atoms with Gasteiger partial charge in [-0.2, -0.15) is 22.0 Å². The molecule has 0 unspecified atom stereocenters. The molecule has 0 radical (unpaired) electrons. The molecule has 2 N–H and O–H groups in total. The lowest BCUT2D eigenvalue weighted by Crippen LogP contribution is -2.34. The van der Waals surface area contributed by atoms with Gasteiger partial charge in [0.1, 0.15) is 0 Å². The van der Waals surface area contributed by atoms with Crippen molar-refractivity contribution >= 4 is 21.4 Å². The number of anilines is 1. The predicted octanol–water partition coefficient (Wildman–Crippen LogP) is 5.56. The monoisotopic (exact) mass is 626 g/mol. The van der Waals surface area contributed by atoms with E-state index in [1.54, 1.807) is 12.1 Å². The number of alkyl halides is 5. The molecule has 1 aliphatic heterocycles. The SMILES string of the molecule is CCS(=O)(=O)c1ccc([C@H](CO)NC(=O)c2ccc(N3C[C@@H](c4ccc(C(F)(F)F)cc4)C[C@H]3COC(F)F)cc2)cc1. The Hall–Kier alpha value is -3.55. The largest absolute Gasteiger partial charge is 0.416 e. The Balaban J connectivity index is 1.47. The van der Waals surface area contributed by atoms with E-state index in [9.17, 15) is 40.3 Å². The van der Waals surface area contributed by atoms with Crippen molar-refractivity contribution < 1.29 is 45.0 Å². The van der Waals surface area contributed by atoms with E-state index in [0.717, 1.165) is 12.1 Å². The Morgan fingerprint density at radius 1 is 1.02 bits per heavy atom. The number of hydrogen-bond acceptors (Lipinski definition) is 6. The van der Waals surface area contributed by atoms with E-state index in [0.29, 0.717) is 29.8 Å². The molecule has 3 aromatic carbocycles. The molecular formula is C30H31F5N2O5S. The van der Waals surface area contributed by atoms with Gasteiger partial charge in [-0.1, -0.05) is 31.2 Å². The highest BCUT2D eigenvalue weighted by molar-refractivity contribution is 7.91. The fraction of sp³-hybridized carbons (Fsp3) is 0.367. The van der Waals surface area contributed by atoms with E-state index in [4.69, 9.17) is 0 Å². The summed E-state index contributed by atoms with van der Waals surface area (Å²) in [5, 5.41) is 12.6. The third kappa shape index (κ3) is 7.89. The van der Waals surface area contributed by atoms with Crippen LogP contribution in [0, 0.1) is 0 Å². The van der Waals surface area contributed by atoms with Gasteiger partial charge in [0.25, 0.3) is 5.91 Å². The van der Waals surface area contributed by atoms with Gasteiger partial charge in [0.15, 0.2) is 9.84 Å². The van der Waals surface area contributed by atoms with Gasteiger partial charge in [0, 0.05) is 23.7 Å². The number of carbonyl (C=O) groups excluding carboxylic acids is 1. The molecule has 1 amide bonds. The van der Waals surface area contributed by atoms with E-state index >= 15 is 0 Å². The molecule has 0 saturated carbocycles. The molecule has 0 aromatic heterocycles. The van der Waals surface area contributed by atoms with Crippen LogP contribution in [-0.2, 0) is 20.8 Å². The number of nitrogens with one attached hydrogen (secondary N) is 1. The smallest absolute Gasteiger partial charge is 0.394 e. The van der Waals surface area contributed by atoms with Gasteiger partial charge in [-0.05, 0) is 66.1 Å². The van der Waals surface area contributed by atoms with Gasteiger partial charge in [-0.3, -0.25) is 4.79 Å². The summed E-state index contributed by atoms with van der Waals surface area (Å²) in [5.41, 5.74) is 1.24. The minimum absolute atomic E-state index is 0.0599. The zero-order valence-corrected chi connectivity index (χ0v) is 23.9. The van der Waals surface area contributed by atoms with Crippen molar-refractivity contribution in [2.45, 2.75) is 49.0 Å². The average Bonchev–Trinajstić information content (AvgIpc) is 3.43. The molecule has 1 saturated heterocycles. The van der Waals surface area contributed by atoms with E-state index in [1.807, 2.05) is 4.90 Å². The number of benzene rings is 3. The highest BCUT2D eigenvalue weighted by Crippen LogP contribution is 2.37. The molecule has 4 rings (SSSR count). The second kappa shape index (κ2) is 13.4. The van der Waals surface area contributed by atoms with Crippen molar-refractivity contribution in [3.05, 3.63) is 95.1 Å². The number of aliphatic hydroxyl groups is 1. The maximum Gasteiger partial charge on any atom is 0.416 e.